The number of carboxylic acid groups (broad SMARTS) is 1. The van der Waals surface area contributed by atoms with E-state index in [0.29, 0.717) is 25.3 Å². The van der Waals surface area contributed by atoms with Crippen LogP contribution >= 0.6 is 0 Å². The lowest BCUT2D eigenvalue weighted by Gasteiger charge is -2.19. The number of oxime groups is 1. The van der Waals surface area contributed by atoms with Gasteiger partial charge in [-0.2, -0.15) is 0 Å². The van der Waals surface area contributed by atoms with Gasteiger partial charge >= 0.3 is 5.97 Å². The minimum Gasteiger partial charge on any atom is -0.477 e. The smallest absolute Gasteiger partial charge is 0.341 e. The van der Waals surface area contributed by atoms with Crippen LogP contribution < -0.4 is 15.6 Å². The van der Waals surface area contributed by atoms with E-state index in [-0.39, 0.29) is 28.7 Å². The zero-order valence-corrected chi connectivity index (χ0v) is 16.2. The van der Waals surface area contributed by atoms with E-state index < -0.39 is 17.2 Å². The van der Waals surface area contributed by atoms with Crippen LogP contribution in [0.4, 0.5) is 10.2 Å². The Balaban J connectivity index is 1.83. The van der Waals surface area contributed by atoms with Gasteiger partial charge in [-0.05, 0) is 26.0 Å². The first-order valence-electron chi connectivity index (χ1n) is 9.42. The molecule has 1 atom stereocenters. The van der Waals surface area contributed by atoms with Crippen molar-refractivity contribution in [2.45, 2.75) is 18.9 Å². The number of halogens is 1. The SMILES string of the molecule is CNCC1CN(c2nc3c(cc2F)c(=O)c(C(=O)O)cn3C2CC2)C/C1=N\OC. The molecule has 1 aliphatic heterocycles. The van der Waals surface area contributed by atoms with Crippen molar-refractivity contribution in [2.75, 3.05) is 38.7 Å². The van der Waals surface area contributed by atoms with Crippen molar-refractivity contribution in [1.29, 1.82) is 0 Å². The molecule has 3 heterocycles. The van der Waals surface area contributed by atoms with Crippen LogP contribution in [0.15, 0.2) is 22.2 Å². The number of aromatic carboxylic acids is 1. The van der Waals surface area contributed by atoms with Crippen LogP contribution in [-0.4, -0.2) is 60.1 Å². The van der Waals surface area contributed by atoms with E-state index in [1.54, 1.807) is 9.47 Å². The first-order valence-corrected chi connectivity index (χ1v) is 9.42. The predicted molar refractivity (Wildman–Crippen MR) is 105 cm³/mol. The third-order valence-electron chi connectivity index (χ3n) is 5.33. The summed E-state index contributed by atoms with van der Waals surface area (Å²) in [6, 6.07) is 1.17. The number of rotatable bonds is 6. The molecule has 4 rings (SSSR count). The molecule has 154 valence electrons. The molecule has 0 radical (unpaired) electrons. The van der Waals surface area contributed by atoms with Gasteiger partial charge in [0, 0.05) is 31.2 Å². The third-order valence-corrected chi connectivity index (χ3v) is 5.33. The van der Waals surface area contributed by atoms with Gasteiger partial charge in [0.2, 0.25) is 5.43 Å². The van der Waals surface area contributed by atoms with E-state index in [1.165, 1.54) is 13.3 Å². The fourth-order valence-corrected chi connectivity index (χ4v) is 3.81. The Hall–Kier alpha value is -3.01. The molecule has 1 unspecified atom stereocenters. The number of hydrogen-bond acceptors (Lipinski definition) is 7. The van der Waals surface area contributed by atoms with E-state index in [4.69, 9.17) is 4.84 Å². The van der Waals surface area contributed by atoms with Gasteiger partial charge in [-0.1, -0.05) is 5.16 Å². The highest BCUT2D eigenvalue weighted by atomic mass is 19.1. The van der Waals surface area contributed by atoms with Crippen LogP contribution in [0, 0.1) is 11.7 Å². The summed E-state index contributed by atoms with van der Waals surface area (Å²) in [6.07, 6.45) is 3.05. The molecule has 0 bridgehead atoms. The molecule has 1 saturated heterocycles. The summed E-state index contributed by atoms with van der Waals surface area (Å²) in [6.45, 7) is 1.51. The molecule has 9 nitrogen and oxygen atoms in total. The lowest BCUT2D eigenvalue weighted by atomic mass is 10.1. The highest BCUT2D eigenvalue weighted by Gasteiger charge is 2.33. The number of hydrogen-bond donors (Lipinski definition) is 2. The topological polar surface area (TPSA) is 109 Å². The van der Waals surface area contributed by atoms with Crippen LogP contribution in [0.25, 0.3) is 11.0 Å². The Labute approximate surface area is 165 Å². The number of anilines is 1. The van der Waals surface area contributed by atoms with E-state index >= 15 is 0 Å². The Morgan fingerprint density at radius 1 is 1.48 bits per heavy atom. The van der Waals surface area contributed by atoms with Gasteiger partial charge in [0.1, 0.15) is 18.3 Å². The van der Waals surface area contributed by atoms with Gasteiger partial charge < -0.3 is 24.7 Å². The number of pyridine rings is 2. The first kappa shape index (κ1) is 19.3. The summed E-state index contributed by atoms with van der Waals surface area (Å²) in [5.74, 6) is -1.83. The van der Waals surface area contributed by atoms with Gasteiger partial charge in [-0.25, -0.2) is 14.2 Å². The number of fused-ring (bicyclic) bond motifs is 1. The van der Waals surface area contributed by atoms with Crippen LogP contribution in [0.3, 0.4) is 0 Å². The summed E-state index contributed by atoms with van der Waals surface area (Å²) >= 11 is 0. The molecule has 2 fully saturated rings. The van der Waals surface area contributed by atoms with Gasteiger partial charge in [-0.15, -0.1) is 0 Å². The molecule has 10 heteroatoms. The quantitative estimate of drug-likeness (QED) is 0.698. The Bertz CT molecular complexity index is 1060. The first-order chi connectivity index (χ1) is 13.9. The van der Waals surface area contributed by atoms with E-state index in [0.717, 1.165) is 24.6 Å². The lowest BCUT2D eigenvalue weighted by molar-refractivity contribution is 0.0695. The Kier molecular flexibility index (Phi) is 4.95. The fraction of sp³-hybridized carbons (Fsp3) is 0.474. The molecule has 0 aromatic carbocycles. The second-order valence-corrected chi connectivity index (χ2v) is 7.38. The number of nitrogens with zero attached hydrogens (tertiary/aromatic N) is 4. The number of carboxylic acids is 1. The molecule has 0 spiro atoms. The maximum atomic E-state index is 15.0. The number of nitrogens with one attached hydrogen (secondary N) is 1. The normalized spacial score (nSPS) is 20.6. The van der Waals surface area contributed by atoms with Crippen molar-refractivity contribution in [1.82, 2.24) is 14.9 Å². The second kappa shape index (κ2) is 7.43. The van der Waals surface area contributed by atoms with Crippen LogP contribution in [0.5, 0.6) is 0 Å². The van der Waals surface area contributed by atoms with E-state index in [9.17, 15) is 19.1 Å². The lowest BCUT2D eigenvalue weighted by Crippen LogP contribution is -2.27. The largest absolute Gasteiger partial charge is 0.477 e. The zero-order valence-electron chi connectivity index (χ0n) is 16.2. The highest BCUT2D eigenvalue weighted by molar-refractivity contribution is 5.95. The van der Waals surface area contributed by atoms with Crippen molar-refractivity contribution in [3.05, 3.63) is 33.9 Å². The second-order valence-electron chi connectivity index (χ2n) is 7.38. The molecular weight excluding hydrogens is 381 g/mol. The summed E-state index contributed by atoms with van der Waals surface area (Å²) in [4.78, 5) is 35.2. The van der Waals surface area contributed by atoms with Crippen molar-refractivity contribution >= 4 is 28.5 Å². The van der Waals surface area contributed by atoms with Crippen LogP contribution in [0.1, 0.15) is 29.2 Å². The Morgan fingerprint density at radius 2 is 2.24 bits per heavy atom. The van der Waals surface area contributed by atoms with Gasteiger partial charge in [0.25, 0.3) is 0 Å². The van der Waals surface area contributed by atoms with Gasteiger partial charge in [0.05, 0.1) is 17.6 Å². The zero-order chi connectivity index (χ0) is 20.7. The molecule has 1 aliphatic carbocycles. The molecular formula is C19H22FN5O4. The van der Waals surface area contributed by atoms with Crippen LogP contribution in [0.2, 0.25) is 0 Å². The van der Waals surface area contributed by atoms with Crippen molar-refractivity contribution in [2.24, 2.45) is 11.1 Å². The van der Waals surface area contributed by atoms with Crippen molar-refractivity contribution in [3.8, 4) is 0 Å². The average Bonchev–Trinajstić information content (AvgIpc) is 3.45. The molecule has 1 saturated carbocycles. The maximum absolute atomic E-state index is 15.0. The minimum atomic E-state index is -1.33. The summed E-state index contributed by atoms with van der Waals surface area (Å²) in [5, 5.41) is 16.5. The van der Waals surface area contributed by atoms with E-state index in [1.807, 2.05) is 7.05 Å². The van der Waals surface area contributed by atoms with Crippen molar-refractivity contribution in [3.63, 3.8) is 0 Å². The highest BCUT2D eigenvalue weighted by Crippen LogP contribution is 2.37. The minimum absolute atomic E-state index is 0.0187. The van der Waals surface area contributed by atoms with Crippen LogP contribution in [-0.2, 0) is 4.84 Å². The summed E-state index contributed by atoms with van der Waals surface area (Å²) in [5.41, 5.74) is -0.00765. The van der Waals surface area contributed by atoms with E-state index in [2.05, 4.69) is 15.5 Å². The van der Waals surface area contributed by atoms with Gasteiger partial charge in [-0.3, -0.25) is 4.79 Å². The predicted octanol–water partition coefficient (Wildman–Crippen LogP) is 1.23. The van der Waals surface area contributed by atoms with Crippen molar-refractivity contribution < 1.29 is 19.1 Å². The molecule has 2 aromatic rings. The fourth-order valence-electron chi connectivity index (χ4n) is 3.81. The number of carbonyl (C=O) groups is 1. The number of aromatic nitrogens is 2. The molecule has 2 N–H and O–H groups in total. The summed E-state index contributed by atoms with van der Waals surface area (Å²) < 4.78 is 16.7. The molecule has 29 heavy (non-hydrogen) atoms. The maximum Gasteiger partial charge on any atom is 0.341 e. The summed E-state index contributed by atoms with van der Waals surface area (Å²) in [7, 11) is 3.30. The standard InChI is InChI=1S/C19H22FN5O4/c1-21-6-10-7-24(9-15(10)23-29-2)18-14(20)5-12-16(26)13(19(27)28)8-25(11-3-4-11)17(12)22-18/h5,8,10-11,21H,3-4,6-7,9H2,1-2H3,(H,27,28)/b23-15+. The Morgan fingerprint density at radius 3 is 2.86 bits per heavy atom. The molecule has 0 amide bonds. The molecule has 2 aromatic heterocycles. The molecule has 2 aliphatic rings. The van der Waals surface area contributed by atoms with Gasteiger partial charge in [0.15, 0.2) is 11.6 Å². The monoisotopic (exact) mass is 403 g/mol. The average molecular weight is 403 g/mol. The third kappa shape index (κ3) is 3.44.